The van der Waals surface area contributed by atoms with Crippen molar-refractivity contribution < 1.29 is 75.8 Å². The summed E-state index contributed by atoms with van der Waals surface area (Å²) in [5.74, 6) is -1.61. The fraction of sp³-hybridized carbons (Fsp3) is 0.738. The maximum atomic E-state index is 12.8. The van der Waals surface area contributed by atoms with E-state index in [-0.39, 0.29) is 19.3 Å². The molecule has 0 aliphatic rings. The van der Waals surface area contributed by atoms with Crippen LogP contribution in [0.1, 0.15) is 252 Å². The summed E-state index contributed by atoms with van der Waals surface area (Å²) in [5.41, 5.74) is 0. The zero-order chi connectivity index (χ0) is 61.0. The third-order valence-corrected chi connectivity index (χ3v) is 15.0. The van der Waals surface area contributed by atoms with Gasteiger partial charge in [-0.3, -0.25) is 32.5 Å². The SMILES string of the molecule is CC/C=C\C/C=C\C/C=C\C/C=C\CCCCCCC(=O)OCC(COP(=O)(O)OCC(O)COP(=O)(O)OCC(O)COC(=O)CCCCCCCC/C=C\C/C=C\C/C=C\CCCCC)OC(=O)CCCCCCCCCCCCC. The fourth-order valence-electron chi connectivity index (χ4n) is 8.21. The molecule has 480 valence electrons. The van der Waals surface area contributed by atoms with E-state index in [9.17, 15) is 43.5 Å². The van der Waals surface area contributed by atoms with Gasteiger partial charge in [0.25, 0.3) is 0 Å². The maximum absolute atomic E-state index is 12.8. The number of phosphoric ester groups is 2. The average Bonchev–Trinajstić information content (AvgIpc) is 3.47. The number of hydrogen-bond donors (Lipinski definition) is 4. The van der Waals surface area contributed by atoms with Gasteiger partial charge in [0.1, 0.15) is 25.4 Å². The highest BCUT2D eigenvalue weighted by atomic mass is 31.2. The molecule has 0 radical (unpaired) electrons. The number of carbonyl (C=O) groups excluding carboxylic acids is 3. The number of hydrogen-bond acceptors (Lipinski definition) is 14. The van der Waals surface area contributed by atoms with Gasteiger partial charge in [0, 0.05) is 19.3 Å². The molecule has 0 aromatic rings. The molecule has 16 nitrogen and oxygen atoms in total. The van der Waals surface area contributed by atoms with Crippen molar-refractivity contribution >= 4 is 33.6 Å². The minimum absolute atomic E-state index is 0.100. The Bertz CT molecular complexity index is 1860. The van der Waals surface area contributed by atoms with Crippen LogP contribution in [0.2, 0.25) is 0 Å². The number of esters is 3. The predicted octanol–water partition coefficient (Wildman–Crippen LogP) is 17.0. The minimum Gasteiger partial charge on any atom is -0.463 e. The maximum Gasteiger partial charge on any atom is 0.472 e. The van der Waals surface area contributed by atoms with Crippen LogP contribution in [0.25, 0.3) is 0 Å². The van der Waals surface area contributed by atoms with Crippen molar-refractivity contribution in [3.63, 3.8) is 0 Å². The molecule has 0 aliphatic carbocycles. The van der Waals surface area contributed by atoms with Crippen molar-refractivity contribution in [2.75, 3.05) is 39.6 Å². The second-order valence-corrected chi connectivity index (χ2v) is 24.1. The van der Waals surface area contributed by atoms with E-state index < -0.39 is 91.5 Å². The smallest absolute Gasteiger partial charge is 0.463 e. The van der Waals surface area contributed by atoms with Gasteiger partial charge in [0.15, 0.2) is 6.10 Å². The van der Waals surface area contributed by atoms with Crippen molar-refractivity contribution in [1.29, 1.82) is 0 Å². The quantitative estimate of drug-likeness (QED) is 0.0146. The lowest BCUT2D eigenvalue weighted by Gasteiger charge is -2.21. The molecule has 18 heteroatoms. The Kier molecular flexibility index (Phi) is 56.8. The summed E-state index contributed by atoms with van der Waals surface area (Å²) < 4.78 is 60.7. The Morgan fingerprint density at radius 2 is 0.639 bits per heavy atom. The molecule has 0 aliphatic heterocycles. The first-order valence-electron chi connectivity index (χ1n) is 31.9. The average molecular weight is 1210 g/mol. The molecule has 0 heterocycles. The summed E-state index contributed by atoms with van der Waals surface area (Å²) in [6, 6.07) is 0. The topological polar surface area (TPSA) is 231 Å². The van der Waals surface area contributed by atoms with Gasteiger partial charge in [0.05, 0.1) is 26.4 Å². The van der Waals surface area contributed by atoms with Crippen LogP contribution < -0.4 is 0 Å². The monoisotopic (exact) mass is 1210 g/mol. The lowest BCUT2D eigenvalue weighted by molar-refractivity contribution is -0.161. The van der Waals surface area contributed by atoms with E-state index in [4.69, 9.17) is 32.3 Å². The Balaban J connectivity index is 4.64. The van der Waals surface area contributed by atoms with E-state index in [1.54, 1.807) is 0 Å². The first kappa shape index (κ1) is 79.7. The first-order valence-corrected chi connectivity index (χ1v) is 34.9. The minimum atomic E-state index is -4.92. The molecule has 0 aromatic carbocycles. The summed E-state index contributed by atoms with van der Waals surface area (Å²) in [6.07, 6.45) is 60.7. The summed E-state index contributed by atoms with van der Waals surface area (Å²) in [6.45, 7) is 2.46. The largest absolute Gasteiger partial charge is 0.472 e. The first-order chi connectivity index (χ1) is 40.2. The Morgan fingerprint density at radius 1 is 0.349 bits per heavy atom. The van der Waals surface area contributed by atoms with Gasteiger partial charge in [-0.25, -0.2) is 9.13 Å². The van der Waals surface area contributed by atoms with Crippen LogP contribution in [0.3, 0.4) is 0 Å². The summed E-state index contributed by atoms with van der Waals surface area (Å²) >= 11 is 0. The van der Waals surface area contributed by atoms with Crippen molar-refractivity contribution in [3.05, 3.63) is 85.1 Å². The molecule has 5 unspecified atom stereocenters. The number of rotatable bonds is 60. The summed E-state index contributed by atoms with van der Waals surface area (Å²) in [5, 5.41) is 20.5. The third kappa shape index (κ3) is 60.2. The summed E-state index contributed by atoms with van der Waals surface area (Å²) in [7, 11) is -9.77. The van der Waals surface area contributed by atoms with Crippen LogP contribution in [-0.4, -0.2) is 95.9 Å². The van der Waals surface area contributed by atoms with Crippen LogP contribution in [0, 0.1) is 0 Å². The van der Waals surface area contributed by atoms with E-state index in [2.05, 4.69) is 106 Å². The van der Waals surface area contributed by atoms with Crippen LogP contribution in [-0.2, 0) is 55.8 Å². The molecular formula is C65H114O16P2. The van der Waals surface area contributed by atoms with Gasteiger partial charge < -0.3 is 34.2 Å². The van der Waals surface area contributed by atoms with Gasteiger partial charge in [-0.05, 0) is 96.3 Å². The van der Waals surface area contributed by atoms with Gasteiger partial charge in [0.2, 0.25) is 0 Å². The Morgan fingerprint density at radius 3 is 1.04 bits per heavy atom. The molecule has 0 saturated carbocycles. The van der Waals surface area contributed by atoms with Crippen LogP contribution in [0.5, 0.6) is 0 Å². The predicted molar refractivity (Wildman–Crippen MR) is 334 cm³/mol. The molecule has 0 rings (SSSR count). The highest BCUT2D eigenvalue weighted by Crippen LogP contribution is 2.45. The fourth-order valence-corrected chi connectivity index (χ4v) is 9.80. The number of aliphatic hydroxyl groups is 2. The summed E-state index contributed by atoms with van der Waals surface area (Å²) in [4.78, 5) is 58.1. The molecule has 83 heavy (non-hydrogen) atoms. The molecule has 0 saturated heterocycles. The number of carbonyl (C=O) groups is 3. The molecule has 5 atom stereocenters. The molecule has 0 bridgehead atoms. The number of unbranched alkanes of at least 4 members (excludes halogenated alkanes) is 23. The molecule has 0 fully saturated rings. The van der Waals surface area contributed by atoms with Crippen LogP contribution in [0.15, 0.2) is 85.1 Å². The second-order valence-electron chi connectivity index (χ2n) is 21.2. The Hall–Kier alpha value is -3.27. The number of allylic oxidation sites excluding steroid dienone is 14. The van der Waals surface area contributed by atoms with Crippen LogP contribution >= 0.6 is 15.6 Å². The normalized spacial score (nSPS) is 14.9. The molecule has 0 aromatic heterocycles. The number of ether oxygens (including phenoxy) is 3. The lowest BCUT2D eigenvalue weighted by atomic mass is 10.1. The van der Waals surface area contributed by atoms with E-state index in [1.807, 2.05) is 0 Å². The van der Waals surface area contributed by atoms with Gasteiger partial charge in [-0.1, -0.05) is 221 Å². The second kappa shape index (κ2) is 59.1. The Labute approximate surface area is 502 Å². The number of aliphatic hydroxyl groups excluding tert-OH is 2. The van der Waals surface area contributed by atoms with E-state index in [0.29, 0.717) is 19.3 Å². The van der Waals surface area contributed by atoms with Crippen molar-refractivity contribution in [2.45, 2.75) is 270 Å². The standard InChI is InChI=1S/C65H114O16P2/c1-4-7-10-13-16-19-22-24-26-28-29-31-33-34-37-39-42-45-48-51-63(68)75-54-60(66)55-77-82(71,72)78-56-61(67)57-79-83(73,74)80-59-62(81-65(70)53-50-47-44-41-36-21-18-15-12-9-6-3)58-76-64(69)52-49-46-43-40-38-35-32-30-27-25-23-20-17-14-11-8-5-2/h8,11,16-17,19-20,24-27,29,31-32,35,60-62,66-67H,4-7,9-10,12-15,18,21-23,28,30,33-34,36-59H2,1-3H3,(H,71,72)(H,73,74)/b11-8-,19-16-,20-17-,26-24-,27-25-,31-29-,35-32-. The van der Waals surface area contributed by atoms with E-state index in [1.165, 1.54) is 64.2 Å². The zero-order valence-corrected chi connectivity index (χ0v) is 53.4. The third-order valence-electron chi connectivity index (χ3n) is 13.1. The van der Waals surface area contributed by atoms with Crippen molar-refractivity contribution in [1.82, 2.24) is 0 Å². The van der Waals surface area contributed by atoms with Crippen molar-refractivity contribution in [2.24, 2.45) is 0 Å². The van der Waals surface area contributed by atoms with Gasteiger partial charge in [-0.2, -0.15) is 0 Å². The molecule has 0 spiro atoms. The molecule has 0 amide bonds. The molecule has 4 N–H and O–H groups in total. The van der Waals surface area contributed by atoms with Gasteiger partial charge >= 0.3 is 33.6 Å². The zero-order valence-electron chi connectivity index (χ0n) is 51.6. The van der Waals surface area contributed by atoms with Crippen molar-refractivity contribution in [3.8, 4) is 0 Å². The van der Waals surface area contributed by atoms with E-state index in [0.717, 1.165) is 128 Å². The molecular weight excluding hydrogens is 1100 g/mol. The highest BCUT2D eigenvalue weighted by Gasteiger charge is 2.29. The lowest BCUT2D eigenvalue weighted by Crippen LogP contribution is -2.30. The highest BCUT2D eigenvalue weighted by molar-refractivity contribution is 7.47. The number of phosphoric acid groups is 2. The van der Waals surface area contributed by atoms with E-state index >= 15 is 0 Å². The van der Waals surface area contributed by atoms with Gasteiger partial charge in [-0.15, -0.1) is 0 Å². The van der Waals surface area contributed by atoms with Crippen LogP contribution in [0.4, 0.5) is 0 Å².